The third-order valence-electron chi connectivity index (χ3n) is 3.46. The summed E-state index contributed by atoms with van der Waals surface area (Å²) in [6.07, 6.45) is 0.617. The van der Waals surface area contributed by atoms with E-state index in [1.807, 2.05) is 0 Å². The third kappa shape index (κ3) is 3.61. The van der Waals surface area contributed by atoms with Gasteiger partial charge in [-0.2, -0.15) is 5.10 Å². The van der Waals surface area contributed by atoms with Crippen molar-refractivity contribution < 1.29 is 14.3 Å². The molecular weight excluding hydrogens is 295 g/mol. The van der Waals surface area contributed by atoms with E-state index in [0.717, 1.165) is 16.8 Å². The second-order valence-electron chi connectivity index (χ2n) is 5.05. The highest BCUT2D eigenvalue weighted by Gasteiger charge is 2.23. The molecule has 0 spiro atoms. The quantitative estimate of drug-likeness (QED) is 0.923. The molecule has 2 rings (SSSR count). The summed E-state index contributed by atoms with van der Waals surface area (Å²) in [6.45, 7) is 1.80. The third-order valence-corrected chi connectivity index (χ3v) is 3.94. The van der Waals surface area contributed by atoms with E-state index in [2.05, 4.69) is 5.10 Å². The number of nitrogens with zero attached hydrogens (tertiary/aromatic N) is 2. The first-order chi connectivity index (χ1) is 9.88. The smallest absolute Gasteiger partial charge is 0.307 e. The number of halogens is 2. The second kappa shape index (κ2) is 6.26. The van der Waals surface area contributed by atoms with Gasteiger partial charge in [0.05, 0.1) is 11.6 Å². The van der Waals surface area contributed by atoms with Crippen molar-refractivity contribution in [1.82, 2.24) is 9.78 Å². The average Bonchev–Trinajstić information content (AvgIpc) is 2.66. The Morgan fingerprint density at radius 2 is 2.00 bits per heavy atom. The Morgan fingerprint density at radius 3 is 2.48 bits per heavy atom. The topological polar surface area (TPSA) is 55.1 Å². The van der Waals surface area contributed by atoms with E-state index in [9.17, 15) is 14.3 Å². The monoisotopic (exact) mass is 310 g/mol. The summed E-state index contributed by atoms with van der Waals surface area (Å²) in [4.78, 5) is 11.5. The Kier molecular flexibility index (Phi) is 4.63. The van der Waals surface area contributed by atoms with E-state index in [-0.39, 0.29) is 5.82 Å². The fourth-order valence-corrected chi connectivity index (χ4v) is 2.56. The molecule has 0 fully saturated rings. The lowest BCUT2D eigenvalue weighted by molar-refractivity contribution is -0.141. The Balaban J connectivity index is 2.20. The van der Waals surface area contributed by atoms with Gasteiger partial charge >= 0.3 is 5.97 Å². The van der Waals surface area contributed by atoms with Crippen molar-refractivity contribution >= 4 is 17.6 Å². The molecule has 2 aromatic rings. The zero-order valence-corrected chi connectivity index (χ0v) is 12.6. The molecule has 0 aliphatic carbocycles. The van der Waals surface area contributed by atoms with E-state index in [4.69, 9.17) is 11.6 Å². The molecule has 6 heteroatoms. The number of carboxylic acids is 1. The van der Waals surface area contributed by atoms with Crippen molar-refractivity contribution in [1.29, 1.82) is 0 Å². The van der Waals surface area contributed by atoms with Crippen LogP contribution in [0.2, 0.25) is 5.15 Å². The van der Waals surface area contributed by atoms with Crippen LogP contribution < -0.4 is 0 Å². The summed E-state index contributed by atoms with van der Waals surface area (Å²) >= 11 is 6.14. The number of aromatic nitrogens is 2. The van der Waals surface area contributed by atoms with Crippen molar-refractivity contribution in [2.24, 2.45) is 13.0 Å². The fraction of sp³-hybridized carbons (Fsp3) is 0.333. The summed E-state index contributed by atoms with van der Waals surface area (Å²) in [5.74, 6) is -1.87. The summed E-state index contributed by atoms with van der Waals surface area (Å²) < 4.78 is 14.4. The first-order valence-corrected chi connectivity index (χ1v) is 6.91. The van der Waals surface area contributed by atoms with Crippen molar-refractivity contribution in [3.05, 3.63) is 52.1 Å². The molecule has 0 radical (unpaired) electrons. The van der Waals surface area contributed by atoms with Crippen LogP contribution in [0.4, 0.5) is 4.39 Å². The molecule has 1 atom stereocenters. The minimum atomic E-state index is -0.904. The SMILES string of the molecule is Cc1nn(C)c(Cl)c1CC(Cc1ccc(F)cc1)C(=O)O. The van der Waals surface area contributed by atoms with Crippen LogP contribution in [-0.4, -0.2) is 20.9 Å². The number of carbonyl (C=O) groups is 1. The van der Waals surface area contributed by atoms with Gasteiger partial charge in [-0.05, 0) is 37.5 Å². The normalized spacial score (nSPS) is 12.4. The molecule has 21 heavy (non-hydrogen) atoms. The molecule has 0 aliphatic rings. The lowest BCUT2D eigenvalue weighted by Crippen LogP contribution is -2.19. The van der Waals surface area contributed by atoms with Crippen LogP contribution in [0, 0.1) is 18.7 Å². The molecule has 4 nitrogen and oxygen atoms in total. The Bertz CT molecular complexity index is 652. The van der Waals surface area contributed by atoms with Gasteiger partial charge < -0.3 is 5.11 Å². The second-order valence-corrected chi connectivity index (χ2v) is 5.41. The largest absolute Gasteiger partial charge is 0.481 e. The molecule has 1 unspecified atom stereocenters. The number of aryl methyl sites for hydroxylation is 2. The van der Waals surface area contributed by atoms with Crippen LogP contribution in [0.3, 0.4) is 0 Å². The molecule has 0 amide bonds. The Labute approximate surface area is 127 Å². The lowest BCUT2D eigenvalue weighted by atomic mass is 9.93. The summed E-state index contributed by atoms with van der Waals surface area (Å²) in [7, 11) is 1.72. The first kappa shape index (κ1) is 15.5. The van der Waals surface area contributed by atoms with Gasteiger partial charge in [-0.15, -0.1) is 0 Å². The number of benzene rings is 1. The van der Waals surface area contributed by atoms with Crippen molar-refractivity contribution in [2.75, 3.05) is 0 Å². The first-order valence-electron chi connectivity index (χ1n) is 6.53. The standard InChI is InChI=1S/C15H16ClFN2O2/c1-9-13(14(16)19(2)18-9)8-11(15(20)21)7-10-3-5-12(17)6-4-10/h3-6,11H,7-8H2,1-2H3,(H,20,21). The van der Waals surface area contributed by atoms with Crippen molar-refractivity contribution in [3.63, 3.8) is 0 Å². The van der Waals surface area contributed by atoms with Gasteiger partial charge in [0, 0.05) is 12.6 Å². The zero-order chi connectivity index (χ0) is 15.6. The number of carboxylic acid groups (broad SMARTS) is 1. The van der Waals surface area contributed by atoms with Crippen LogP contribution in [-0.2, 0) is 24.7 Å². The van der Waals surface area contributed by atoms with Gasteiger partial charge in [0.1, 0.15) is 11.0 Å². The molecule has 0 saturated carbocycles. The number of aliphatic carboxylic acids is 1. The predicted molar refractivity (Wildman–Crippen MR) is 77.9 cm³/mol. The minimum absolute atomic E-state index is 0.297. The van der Waals surface area contributed by atoms with E-state index in [1.165, 1.54) is 16.8 Å². The summed E-state index contributed by atoms with van der Waals surface area (Å²) in [5, 5.41) is 14.0. The van der Waals surface area contributed by atoms with E-state index >= 15 is 0 Å². The van der Waals surface area contributed by atoms with Crippen molar-refractivity contribution in [2.45, 2.75) is 19.8 Å². The van der Waals surface area contributed by atoms with Gasteiger partial charge in [-0.25, -0.2) is 4.39 Å². The highest BCUT2D eigenvalue weighted by atomic mass is 35.5. The number of hydrogen-bond acceptors (Lipinski definition) is 2. The molecule has 1 N–H and O–H groups in total. The highest BCUT2D eigenvalue weighted by molar-refractivity contribution is 6.30. The molecule has 112 valence electrons. The van der Waals surface area contributed by atoms with Crippen LogP contribution in [0.1, 0.15) is 16.8 Å². The van der Waals surface area contributed by atoms with Crippen LogP contribution >= 0.6 is 11.6 Å². The predicted octanol–water partition coefficient (Wildman–Crippen LogP) is 3.01. The van der Waals surface area contributed by atoms with Crippen LogP contribution in [0.25, 0.3) is 0 Å². The zero-order valence-electron chi connectivity index (χ0n) is 11.8. The molecule has 0 saturated heterocycles. The molecule has 0 aliphatic heterocycles. The molecule has 1 aromatic carbocycles. The van der Waals surface area contributed by atoms with Crippen molar-refractivity contribution in [3.8, 4) is 0 Å². The number of hydrogen-bond donors (Lipinski definition) is 1. The highest BCUT2D eigenvalue weighted by Crippen LogP contribution is 2.24. The summed E-state index contributed by atoms with van der Waals surface area (Å²) in [5.41, 5.74) is 2.25. The van der Waals surface area contributed by atoms with Gasteiger partial charge in [-0.1, -0.05) is 23.7 Å². The maximum Gasteiger partial charge on any atom is 0.307 e. The van der Waals surface area contributed by atoms with E-state index < -0.39 is 11.9 Å². The number of rotatable bonds is 5. The average molecular weight is 311 g/mol. The molecule has 1 heterocycles. The maximum atomic E-state index is 12.9. The minimum Gasteiger partial charge on any atom is -0.481 e. The molecule has 1 aromatic heterocycles. The summed E-state index contributed by atoms with van der Waals surface area (Å²) in [6, 6.07) is 5.86. The van der Waals surface area contributed by atoms with Crippen LogP contribution in [0.15, 0.2) is 24.3 Å². The van der Waals surface area contributed by atoms with Gasteiger partial charge in [0.25, 0.3) is 0 Å². The van der Waals surface area contributed by atoms with Gasteiger partial charge in [-0.3, -0.25) is 9.48 Å². The lowest BCUT2D eigenvalue weighted by Gasteiger charge is -2.12. The van der Waals surface area contributed by atoms with E-state index in [1.54, 1.807) is 26.1 Å². The van der Waals surface area contributed by atoms with Crippen LogP contribution in [0.5, 0.6) is 0 Å². The van der Waals surface area contributed by atoms with E-state index in [0.29, 0.717) is 18.0 Å². The Morgan fingerprint density at radius 1 is 1.38 bits per heavy atom. The van der Waals surface area contributed by atoms with Gasteiger partial charge in [0.15, 0.2) is 0 Å². The Hall–Kier alpha value is -1.88. The molecule has 0 bridgehead atoms. The molecular formula is C15H16ClFN2O2. The van der Waals surface area contributed by atoms with Gasteiger partial charge in [0.2, 0.25) is 0 Å². The fourth-order valence-electron chi connectivity index (χ4n) is 2.30. The maximum absolute atomic E-state index is 12.9.